The van der Waals surface area contributed by atoms with E-state index in [0.29, 0.717) is 5.02 Å². The maximum atomic E-state index is 6.02. The predicted octanol–water partition coefficient (Wildman–Crippen LogP) is 2.84. The van der Waals surface area contributed by atoms with Gasteiger partial charge in [-0.15, -0.1) is 11.3 Å². The van der Waals surface area contributed by atoms with Gasteiger partial charge < -0.3 is 5.73 Å². The Labute approximate surface area is 91.4 Å². The third-order valence-electron chi connectivity index (χ3n) is 1.98. The molecule has 0 aliphatic heterocycles. The first-order valence-electron chi connectivity index (χ1n) is 4.16. The van der Waals surface area contributed by atoms with Gasteiger partial charge in [-0.2, -0.15) is 0 Å². The lowest BCUT2D eigenvalue weighted by Crippen LogP contribution is -2.11. The van der Waals surface area contributed by atoms with Crippen LogP contribution < -0.4 is 5.73 Å². The molecule has 1 unspecified atom stereocenters. The molecule has 0 radical (unpaired) electrons. The molecule has 1 heterocycles. The van der Waals surface area contributed by atoms with Crippen LogP contribution in [0.25, 0.3) is 0 Å². The molecule has 72 valence electrons. The van der Waals surface area contributed by atoms with Crippen LogP contribution in [0.2, 0.25) is 5.02 Å². The van der Waals surface area contributed by atoms with Gasteiger partial charge in [-0.05, 0) is 17.7 Å². The highest BCUT2D eigenvalue weighted by Gasteiger charge is 2.10. The highest BCUT2D eigenvalue weighted by atomic mass is 35.5. The topological polar surface area (TPSA) is 38.9 Å². The molecule has 0 saturated carbocycles. The summed E-state index contributed by atoms with van der Waals surface area (Å²) in [6.45, 7) is 0. The summed E-state index contributed by atoms with van der Waals surface area (Å²) in [4.78, 5) is 4.17. The Balaban J connectivity index is 2.32. The number of rotatable bonds is 2. The quantitative estimate of drug-likeness (QED) is 0.852. The van der Waals surface area contributed by atoms with Gasteiger partial charge in [-0.3, -0.25) is 0 Å². The second-order valence-electron chi connectivity index (χ2n) is 2.95. The summed E-state index contributed by atoms with van der Waals surface area (Å²) in [5, 5.41) is 2.65. The monoisotopic (exact) mass is 224 g/mol. The van der Waals surface area contributed by atoms with Crippen LogP contribution in [-0.2, 0) is 0 Å². The Bertz CT molecular complexity index is 414. The molecule has 0 bridgehead atoms. The lowest BCUT2D eigenvalue weighted by molar-refractivity contribution is 0.839. The number of halogens is 1. The second-order valence-corrected chi connectivity index (χ2v) is 4.10. The van der Waals surface area contributed by atoms with Crippen molar-refractivity contribution in [2.75, 3.05) is 0 Å². The van der Waals surface area contributed by atoms with E-state index >= 15 is 0 Å². The van der Waals surface area contributed by atoms with Crippen LogP contribution in [-0.4, -0.2) is 4.98 Å². The number of nitrogens with two attached hydrogens (primary N) is 1. The van der Waals surface area contributed by atoms with E-state index in [-0.39, 0.29) is 6.04 Å². The Morgan fingerprint density at radius 1 is 1.43 bits per heavy atom. The fourth-order valence-corrected chi connectivity index (χ4v) is 2.04. The standard InChI is InChI=1S/C10H9ClN2S/c11-8-3-1-2-7(4-8)10(12)9-5-14-6-13-9/h1-6,10H,12H2. The molecular weight excluding hydrogens is 216 g/mol. The van der Waals surface area contributed by atoms with E-state index in [9.17, 15) is 0 Å². The lowest BCUT2D eigenvalue weighted by Gasteiger charge is -2.08. The molecule has 1 atom stereocenters. The Kier molecular flexibility index (Phi) is 2.82. The van der Waals surface area contributed by atoms with Crippen molar-refractivity contribution in [3.63, 3.8) is 0 Å². The molecule has 0 spiro atoms. The second kappa shape index (κ2) is 4.09. The van der Waals surface area contributed by atoms with E-state index in [1.165, 1.54) is 0 Å². The van der Waals surface area contributed by atoms with Crippen LogP contribution in [0.1, 0.15) is 17.3 Å². The average Bonchev–Trinajstić information content (AvgIpc) is 2.69. The Morgan fingerprint density at radius 3 is 2.93 bits per heavy atom. The van der Waals surface area contributed by atoms with Crippen molar-refractivity contribution in [3.05, 3.63) is 51.4 Å². The summed E-state index contributed by atoms with van der Waals surface area (Å²) >= 11 is 7.42. The van der Waals surface area contributed by atoms with Crippen LogP contribution in [0.3, 0.4) is 0 Å². The third-order valence-corrected chi connectivity index (χ3v) is 2.82. The zero-order chi connectivity index (χ0) is 9.97. The van der Waals surface area contributed by atoms with Crippen molar-refractivity contribution in [1.29, 1.82) is 0 Å². The van der Waals surface area contributed by atoms with E-state index in [4.69, 9.17) is 17.3 Å². The Morgan fingerprint density at radius 2 is 2.29 bits per heavy atom. The molecule has 0 aliphatic carbocycles. The Hall–Kier alpha value is -0.900. The predicted molar refractivity (Wildman–Crippen MR) is 59.6 cm³/mol. The maximum absolute atomic E-state index is 6.02. The largest absolute Gasteiger partial charge is 0.319 e. The van der Waals surface area contributed by atoms with E-state index in [0.717, 1.165) is 11.3 Å². The van der Waals surface area contributed by atoms with Gasteiger partial charge in [-0.25, -0.2) is 4.98 Å². The van der Waals surface area contributed by atoms with Gasteiger partial charge in [0.1, 0.15) is 0 Å². The fourth-order valence-electron chi connectivity index (χ4n) is 1.25. The van der Waals surface area contributed by atoms with Gasteiger partial charge in [0.15, 0.2) is 0 Å². The molecule has 1 aromatic carbocycles. The first-order chi connectivity index (χ1) is 6.77. The van der Waals surface area contributed by atoms with Gasteiger partial charge in [0.2, 0.25) is 0 Å². The summed E-state index contributed by atoms with van der Waals surface area (Å²) in [5.74, 6) is 0. The normalized spacial score (nSPS) is 12.7. The molecule has 2 rings (SSSR count). The average molecular weight is 225 g/mol. The summed E-state index contributed by atoms with van der Waals surface area (Å²) in [6.07, 6.45) is 0. The van der Waals surface area contributed by atoms with E-state index < -0.39 is 0 Å². The molecule has 0 amide bonds. The van der Waals surface area contributed by atoms with Crippen LogP contribution in [0.5, 0.6) is 0 Å². The zero-order valence-corrected chi connectivity index (χ0v) is 8.92. The SMILES string of the molecule is NC(c1cccc(Cl)c1)c1cscn1. The van der Waals surface area contributed by atoms with E-state index in [2.05, 4.69) is 4.98 Å². The van der Waals surface area contributed by atoms with Crippen LogP contribution in [0, 0.1) is 0 Å². The molecule has 0 aliphatic rings. The minimum atomic E-state index is -0.181. The van der Waals surface area contributed by atoms with Crippen molar-refractivity contribution in [2.24, 2.45) is 5.73 Å². The first kappa shape index (κ1) is 9.65. The number of thiazole rings is 1. The van der Waals surface area contributed by atoms with Crippen molar-refractivity contribution < 1.29 is 0 Å². The highest BCUT2D eigenvalue weighted by molar-refractivity contribution is 7.07. The molecule has 2 aromatic rings. The number of benzene rings is 1. The molecule has 2 N–H and O–H groups in total. The van der Waals surface area contributed by atoms with Crippen molar-refractivity contribution in [3.8, 4) is 0 Å². The van der Waals surface area contributed by atoms with Crippen LogP contribution >= 0.6 is 22.9 Å². The summed E-state index contributed by atoms with van der Waals surface area (Å²) in [6, 6.07) is 7.37. The van der Waals surface area contributed by atoms with Gasteiger partial charge in [0, 0.05) is 10.4 Å². The zero-order valence-electron chi connectivity index (χ0n) is 7.35. The molecule has 0 saturated heterocycles. The number of aromatic nitrogens is 1. The minimum Gasteiger partial charge on any atom is -0.319 e. The van der Waals surface area contributed by atoms with E-state index in [1.807, 2.05) is 29.6 Å². The molecule has 2 nitrogen and oxygen atoms in total. The fraction of sp³-hybridized carbons (Fsp3) is 0.100. The molecular formula is C10H9ClN2S. The molecule has 14 heavy (non-hydrogen) atoms. The van der Waals surface area contributed by atoms with Gasteiger partial charge >= 0.3 is 0 Å². The molecule has 1 aromatic heterocycles. The molecule has 4 heteroatoms. The summed E-state index contributed by atoms with van der Waals surface area (Å²) in [5.41, 5.74) is 9.67. The summed E-state index contributed by atoms with van der Waals surface area (Å²) < 4.78 is 0. The smallest absolute Gasteiger partial charge is 0.0795 e. The van der Waals surface area contributed by atoms with Crippen LogP contribution in [0.4, 0.5) is 0 Å². The van der Waals surface area contributed by atoms with Crippen LogP contribution in [0.15, 0.2) is 35.2 Å². The summed E-state index contributed by atoms with van der Waals surface area (Å²) in [7, 11) is 0. The highest BCUT2D eigenvalue weighted by Crippen LogP contribution is 2.21. The van der Waals surface area contributed by atoms with Gasteiger partial charge in [0.05, 0.1) is 17.2 Å². The van der Waals surface area contributed by atoms with Crippen molar-refractivity contribution >= 4 is 22.9 Å². The van der Waals surface area contributed by atoms with Crippen molar-refractivity contribution in [1.82, 2.24) is 4.98 Å². The number of hydrogen-bond donors (Lipinski definition) is 1. The van der Waals surface area contributed by atoms with Gasteiger partial charge in [0.25, 0.3) is 0 Å². The lowest BCUT2D eigenvalue weighted by atomic mass is 10.1. The van der Waals surface area contributed by atoms with Crippen molar-refractivity contribution in [2.45, 2.75) is 6.04 Å². The first-order valence-corrected chi connectivity index (χ1v) is 5.48. The molecule has 0 fully saturated rings. The number of nitrogens with zero attached hydrogens (tertiary/aromatic N) is 1. The van der Waals surface area contributed by atoms with E-state index in [1.54, 1.807) is 16.8 Å². The third kappa shape index (κ3) is 1.95. The number of hydrogen-bond acceptors (Lipinski definition) is 3. The maximum Gasteiger partial charge on any atom is 0.0795 e. The minimum absolute atomic E-state index is 0.181. The van der Waals surface area contributed by atoms with Gasteiger partial charge in [-0.1, -0.05) is 23.7 Å².